The normalized spacial score (nSPS) is 15.4. The number of rotatable bonds is 2. The number of carbonyl (C=O) groups is 1. The molecule has 4 rings (SSSR count). The average molecular weight is 343 g/mol. The predicted octanol–water partition coefficient (Wildman–Crippen LogP) is 4.08. The molecule has 1 aliphatic rings. The zero-order valence-electron chi connectivity index (χ0n) is 15.0. The zero-order chi connectivity index (χ0) is 18.1. The molecule has 1 amide bonds. The fraction of sp³-hybridized carbons (Fsp3) is 0.227. The van der Waals surface area contributed by atoms with Crippen LogP contribution in [0.3, 0.4) is 0 Å². The highest BCUT2D eigenvalue weighted by Gasteiger charge is 2.37. The summed E-state index contributed by atoms with van der Waals surface area (Å²) in [6.45, 7) is 4.90. The summed E-state index contributed by atoms with van der Waals surface area (Å²) in [6, 6.07) is 18.1. The van der Waals surface area contributed by atoms with Crippen LogP contribution in [-0.2, 0) is 12.0 Å². The van der Waals surface area contributed by atoms with Gasteiger partial charge < -0.3 is 4.90 Å². The van der Waals surface area contributed by atoms with Gasteiger partial charge >= 0.3 is 0 Å². The van der Waals surface area contributed by atoms with Crippen molar-refractivity contribution in [3.05, 3.63) is 83.7 Å². The average Bonchev–Trinajstić information content (AvgIpc) is 2.68. The van der Waals surface area contributed by atoms with Gasteiger partial charge in [0.25, 0.3) is 5.91 Å². The van der Waals surface area contributed by atoms with E-state index < -0.39 is 0 Å². The largest absolute Gasteiger partial charge is 0.329 e. The highest BCUT2D eigenvalue weighted by Crippen LogP contribution is 2.35. The minimum atomic E-state index is -0.357. The molecule has 1 aliphatic heterocycles. The van der Waals surface area contributed by atoms with Crippen molar-refractivity contribution in [1.29, 1.82) is 0 Å². The van der Waals surface area contributed by atoms with Gasteiger partial charge in [-0.25, -0.2) is 9.97 Å². The van der Waals surface area contributed by atoms with Crippen LogP contribution in [0.15, 0.2) is 67.0 Å². The van der Waals surface area contributed by atoms with Gasteiger partial charge in [-0.2, -0.15) is 0 Å². The molecule has 2 aromatic carbocycles. The van der Waals surface area contributed by atoms with Crippen LogP contribution in [-0.4, -0.2) is 27.3 Å². The van der Waals surface area contributed by atoms with E-state index in [-0.39, 0.29) is 11.4 Å². The second-order valence-corrected chi connectivity index (χ2v) is 7.08. The van der Waals surface area contributed by atoms with Crippen LogP contribution < -0.4 is 0 Å². The van der Waals surface area contributed by atoms with Crippen molar-refractivity contribution in [1.82, 2.24) is 14.9 Å². The van der Waals surface area contributed by atoms with Crippen LogP contribution in [0.1, 0.15) is 35.3 Å². The molecule has 0 atom stereocenters. The van der Waals surface area contributed by atoms with E-state index >= 15 is 0 Å². The summed E-state index contributed by atoms with van der Waals surface area (Å²) in [7, 11) is 0. The maximum atomic E-state index is 13.1. The Morgan fingerprint density at radius 3 is 2.35 bits per heavy atom. The van der Waals surface area contributed by atoms with Crippen LogP contribution in [0, 0.1) is 0 Å². The highest BCUT2D eigenvalue weighted by atomic mass is 16.2. The molecule has 4 heteroatoms. The molecule has 26 heavy (non-hydrogen) atoms. The van der Waals surface area contributed by atoms with Crippen LogP contribution in [0.5, 0.6) is 0 Å². The number of aromatic nitrogens is 2. The lowest BCUT2D eigenvalue weighted by Crippen LogP contribution is -2.50. The summed E-state index contributed by atoms with van der Waals surface area (Å²) in [5.74, 6) is 0.606. The molecule has 0 aliphatic carbocycles. The lowest BCUT2D eigenvalue weighted by molar-refractivity contribution is 0.0512. The lowest BCUT2D eigenvalue weighted by atomic mass is 9.83. The smallest absolute Gasteiger partial charge is 0.257 e. The van der Waals surface area contributed by atoms with Crippen LogP contribution in [0.4, 0.5) is 0 Å². The van der Waals surface area contributed by atoms with Crippen LogP contribution >= 0.6 is 0 Å². The maximum absolute atomic E-state index is 13.1. The second-order valence-electron chi connectivity index (χ2n) is 7.08. The van der Waals surface area contributed by atoms with E-state index in [1.54, 1.807) is 12.4 Å². The number of hydrogen-bond donors (Lipinski definition) is 0. The van der Waals surface area contributed by atoms with E-state index in [4.69, 9.17) is 0 Å². The van der Waals surface area contributed by atoms with E-state index in [1.165, 1.54) is 11.1 Å². The summed E-state index contributed by atoms with van der Waals surface area (Å²) in [5.41, 5.74) is 3.64. The first-order valence-corrected chi connectivity index (χ1v) is 8.85. The number of nitrogens with zero attached hydrogens (tertiary/aromatic N) is 3. The van der Waals surface area contributed by atoms with E-state index in [1.807, 2.05) is 41.3 Å². The highest BCUT2D eigenvalue weighted by molar-refractivity contribution is 5.94. The fourth-order valence-electron chi connectivity index (χ4n) is 3.68. The molecule has 0 N–H and O–H groups in total. The third kappa shape index (κ3) is 2.77. The standard InChI is InChI=1S/C22H21N3O/c1-22(2)19-11-7-6-8-16(19)12-13-25(22)21(26)18-14-23-20(24-15-18)17-9-4-3-5-10-17/h3-11,14-15H,12-13H2,1-2H3. The molecule has 4 nitrogen and oxygen atoms in total. The molecule has 3 aromatic rings. The topological polar surface area (TPSA) is 46.1 Å². The molecule has 1 aromatic heterocycles. The maximum Gasteiger partial charge on any atom is 0.257 e. The third-order valence-corrected chi connectivity index (χ3v) is 5.13. The lowest BCUT2D eigenvalue weighted by Gasteiger charge is -2.44. The summed E-state index contributed by atoms with van der Waals surface area (Å²) < 4.78 is 0. The van der Waals surface area contributed by atoms with Gasteiger partial charge in [0.05, 0.1) is 11.1 Å². The molecular weight excluding hydrogens is 322 g/mol. The Hall–Kier alpha value is -3.01. The molecule has 0 saturated heterocycles. The Kier molecular flexibility index (Phi) is 4.03. The Labute approximate surface area is 153 Å². The first-order valence-electron chi connectivity index (χ1n) is 8.85. The fourth-order valence-corrected chi connectivity index (χ4v) is 3.68. The van der Waals surface area contributed by atoms with Crippen molar-refractivity contribution in [3.63, 3.8) is 0 Å². The Balaban J connectivity index is 1.62. The predicted molar refractivity (Wildman–Crippen MR) is 102 cm³/mol. The molecule has 130 valence electrons. The number of fused-ring (bicyclic) bond motifs is 1. The molecule has 0 spiro atoms. The van der Waals surface area contributed by atoms with Crippen LogP contribution in [0.2, 0.25) is 0 Å². The Bertz CT molecular complexity index is 933. The number of benzene rings is 2. The minimum absolute atomic E-state index is 0.0240. The van der Waals surface area contributed by atoms with E-state index in [0.29, 0.717) is 17.9 Å². The number of carbonyl (C=O) groups excluding carboxylic acids is 1. The van der Waals surface area contributed by atoms with Crippen molar-refractivity contribution < 1.29 is 4.79 Å². The van der Waals surface area contributed by atoms with Gasteiger partial charge in [0.15, 0.2) is 5.82 Å². The van der Waals surface area contributed by atoms with Gasteiger partial charge in [-0.05, 0) is 31.4 Å². The molecule has 2 heterocycles. The van der Waals surface area contributed by atoms with Gasteiger partial charge in [-0.1, -0.05) is 54.6 Å². The van der Waals surface area contributed by atoms with Crippen molar-refractivity contribution in [3.8, 4) is 11.4 Å². The van der Waals surface area contributed by atoms with Crippen molar-refractivity contribution in [2.75, 3.05) is 6.54 Å². The van der Waals surface area contributed by atoms with E-state index in [2.05, 4.69) is 42.0 Å². The molecule has 0 saturated carbocycles. The first-order chi connectivity index (χ1) is 12.6. The van der Waals surface area contributed by atoms with Crippen molar-refractivity contribution >= 4 is 5.91 Å². The molecule has 0 radical (unpaired) electrons. The van der Waals surface area contributed by atoms with E-state index in [9.17, 15) is 4.79 Å². The molecule has 0 bridgehead atoms. The summed E-state index contributed by atoms with van der Waals surface area (Å²) >= 11 is 0. The van der Waals surface area contributed by atoms with Gasteiger partial charge in [-0.15, -0.1) is 0 Å². The van der Waals surface area contributed by atoms with Gasteiger partial charge in [0.1, 0.15) is 0 Å². The summed E-state index contributed by atoms with van der Waals surface area (Å²) in [4.78, 5) is 23.8. The zero-order valence-corrected chi connectivity index (χ0v) is 15.0. The summed E-state index contributed by atoms with van der Waals surface area (Å²) in [6.07, 6.45) is 4.14. The SMILES string of the molecule is CC1(C)c2ccccc2CCN1C(=O)c1cnc(-c2ccccc2)nc1. The molecule has 0 fully saturated rings. The van der Waals surface area contributed by atoms with Gasteiger partial charge in [-0.3, -0.25) is 4.79 Å². The number of hydrogen-bond acceptors (Lipinski definition) is 3. The number of amides is 1. The molecule has 0 unspecified atom stereocenters. The third-order valence-electron chi connectivity index (χ3n) is 5.13. The van der Waals surface area contributed by atoms with Crippen molar-refractivity contribution in [2.24, 2.45) is 0 Å². The van der Waals surface area contributed by atoms with Gasteiger partial charge in [0.2, 0.25) is 0 Å². The Morgan fingerprint density at radius 1 is 0.962 bits per heavy atom. The first kappa shape index (κ1) is 16.5. The van der Waals surface area contributed by atoms with E-state index in [0.717, 1.165) is 12.0 Å². The van der Waals surface area contributed by atoms with Gasteiger partial charge in [0, 0.05) is 24.5 Å². The van der Waals surface area contributed by atoms with Crippen LogP contribution in [0.25, 0.3) is 11.4 Å². The Morgan fingerprint density at radius 2 is 1.62 bits per heavy atom. The second kappa shape index (κ2) is 6.37. The minimum Gasteiger partial charge on any atom is -0.329 e. The van der Waals surface area contributed by atoms with Crippen molar-refractivity contribution in [2.45, 2.75) is 25.8 Å². The summed E-state index contributed by atoms with van der Waals surface area (Å²) in [5, 5.41) is 0. The quantitative estimate of drug-likeness (QED) is 0.704. The molecular formula is C22H21N3O. The monoisotopic (exact) mass is 343 g/mol.